The second-order valence-electron chi connectivity index (χ2n) is 6.18. The van der Waals surface area contributed by atoms with E-state index in [0.29, 0.717) is 5.56 Å². The van der Waals surface area contributed by atoms with E-state index >= 15 is 0 Å². The predicted octanol–water partition coefficient (Wildman–Crippen LogP) is 3.19. The van der Waals surface area contributed by atoms with Gasteiger partial charge in [-0.05, 0) is 62.1 Å². The summed E-state index contributed by atoms with van der Waals surface area (Å²) in [7, 11) is 0. The molecule has 0 unspecified atom stereocenters. The quantitative estimate of drug-likeness (QED) is 0.943. The molecule has 0 radical (unpaired) electrons. The number of aryl methyl sites for hydroxylation is 2. The Morgan fingerprint density at radius 3 is 2.50 bits per heavy atom. The van der Waals surface area contributed by atoms with E-state index in [0.717, 1.165) is 37.2 Å². The van der Waals surface area contributed by atoms with Crippen LogP contribution < -0.4 is 5.32 Å². The van der Waals surface area contributed by atoms with Crippen LogP contribution in [-0.2, 0) is 0 Å². The molecule has 0 atom stereocenters. The lowest BCUT2D eigenvalue weighted by atomic mass is 10.1. The highest BCUT2D eigenvalue weighted by Crippen LogP contribution is 2.16. The number of rotatable bonds is 3. The first-order valence-electron chi connectivity index (χ1n) is 8.18. The van der Waals surface area contributed by atoms with Crippen LogP contribution in [-0.4, -0.2) is 34.8 Å². The lowest BCUT2D eigenvalue weighted by Gasteiger charge is -2.15. The van der Waals surface area contributed by atoms with E-state index in [2.05, 4.69) is 10.3 Å². The minimum absolute atomic E-state index is 0.0323. The molecule has 1 aliphatic rings. The summed E-state index contributed by atoms with van der Waals surface area (Å²) in [5.74, 6) is -0.343. The van der Waals surface area contributed by atoms with Gasteiger partial charge in [0, 0.05) is 30.5 Å². The molecule has 1 aromatic heterocycles. The van der Waals surface area contributed by atoms with Gasteiger partial charge in [0.25, 0.3) is 11.8 Å². The highest BCUT2D eigenvalue weighted by atomic mass is 16.2. The molecule has 5 heteroatoms. The minimum atomic E-state index is -0.311. The van der Waals surface area contributed by atoms with Crippen LogP contribution in [0.15, 0.2) is 36.5 Å². The molecular weight excluding hydrogens is 302 g/mol. The molecule has 0 spiro atoms. The number of hydrogen-bond donors (Lipinski definition) is 1. The summed E-state index contributed by atoms with van der Waals surface area (Å²) >= 11 is 0. The number of carbonyl (C=O) groups excluding carboxylic acids is 2. The molecule has 2 amide bonds. The smallest absolute Gasteiger partial charge is 0.274 e. The van der Waals surface area contributed by atoms with E-state index in [4.69, 9.17) is 0 Å². The van der Waals surface area contributed by atoms with E-state index in [1.807, 2.05) is 36.9 Å². The zero-order valence-corrected chi connectivity index (χ0v) is 14.0. The standard InChI is InChI=1S/C19H21N3O2/c1-13-5-6-16(11-14(13)2)21-18(23)17-12-15(7-8-20-17)19(24)22-9-3-4-10-22/h5-8,11-12H,3-4,9-10H2,1-2H3,(H,21,23). The number of pyridine rings is 1. The summed E-state index contributed by atoms with van der Waals surface area (Å²) in [5, 5.41) is 2.84. The third kappa shape index (κ3) is 3.45. The Bertz CT molecular complexity index is 780. The van der Waals surface area contributed by atoms with Crippen molar-refractivity contribution >= 4 is 17.5 Å². The number of hydrogen-bond acceptors (Lipinski definition) is 3. The van der Waals surface area contributed by atoms with Gasteiger partial charge in [0.1, 0.15) is 5.69 Å². The number of anilines is 1. The number of likely N-dealkylation sites (tertiary alicyclic amines) is 1. The van der Waals surface area contributed by atoms with Gasteiger partial charge in [-0.2, -0.15) is 0 Å². The van der Waals surface area contributed by atoms with Crippen LogP contribution in [0.2, 0.25) is 0 Å². The van der Waals surface area contributed by atoms with Gasteiger partial charge in [-0.1, -0.05) is 6.07 Å². The van der Waals surface area contributed by atoms with Crippen molar-refractivity contribution in [2.24, 2.45) is 0 Å². The van der Waals surface area contributed by atoms with Gasteiger partial charge in [-0.3, -0.25) is 14.6 Å². The van der Waals surface area contributed by atoms with Gasteiger partial charge < -0.3 is 10.2 Å². The van der Waals surface area contributed by atoms with Gasteiger partial charge in [0.05, 0.1) is 0 Å². The van der Waals surface area contributed by atoms with E-state index in [1.165, 1.54) is 11.8 Å². The zero-order valence-electron chi connectivity index (χ0n) is 14.0. The van der Waals surface area contributed by atoms with Gasteiger partial charge >= 0.3 is 0 Å². The molecule has 0 aliphatic carbocycles. The molecular formula is C19H21N3O2. The zero-order chi connectivity index (χ0) is 17.1. The Morgan fingerprint density at radius 2 is 1.79 bits per heavy atom. The second kappa shape index (κ2) is 6.83. The summed E-state index contributed by atoms with van der Waals surface area (Å²) < 4.78 is 0. The summed E-state index contributed by atoms with van der Waals surface area (Å²) in [5.41, 5.74) is 3.76. The molecule has 5 nitrogen and oxygen atoms in total. The third-order valence-corrected chi connectivity index (χ3v) is 4.40. The Hall–Kier alpha value is -2.69. The first-order chi connectivity index (χ1) is 11.5. The second-order valence-corrected chi connectivity index (χ2v) is 6.18. The van der Waals surface area contributed by atoms with Crippen LogP contribution in [0.3, 0.4) is 0 Å². The normalized spacial score (nSPS) is 13.8. The number of benzene rings is 1. The van der Waals surface area contributed by atoms with Crippen molar-refractivity contribution in [2.45, 2.75) is 26.7 Å². The Labute approximate surface area is 141 Å². The van der Waals surface area contributed by atoms with Gasteiger partial charge in [-0.25, -0.2) is 0 Å². The molecule has 1 saturated heterocycles. The SMILES string of the molecule is Cc1ccc(NC(=O)c2cc(C(=O)N3CCCC3)ccn2)cc1C. The summed E-state index contributed by atoms with van der Waals surface area (Å²) in [6.07, 6.45) is 3.59. The van der Waals surface area contributed by atoms with Gasteiger partial charge in [0.2, 0.25) is 0 Å². The van der Waals surface area contributed by atoms with Gasteiger partial charge in [-0.15, -0.1) is 0 Å². The average molecular weight is 323 g/mol. The van der Waals surface area contributed by atoms with Crippen LogP contribution in [0.4, 0.5) is 5.69 Å². The van der Waals surface area contributed by atoms with Crippen LogP contribution in [0.1, 0.15) is 44.8 Å². The van der Waals surface area contributed by atoms with E-state index in [9.17, 15) is 9.59 Å². The average Bonchev–Trinajstić information content (AvgIpc) is 3.12. The van der Waals surface area contributed by atoms with E-state index < -0.39 is 0 Å². The Balaban J connectivity index is 1.76. The van der Waals surface area contributed by atoms with Crippen LogP contribution in [0.25, 0.3) is 0 Å². The minimum Gasteiger partial charge on any atom is -0.339 e. The third-order valence-electron chi connectivity index (χ3n) is 4.40. The van der Waals surface area contributed by atoms with Crippen molar-refractivity contribution in [3.05, 3.63) is 58.9 Å². The number of nitrogens with zero attached hydrogens (tertiary/aromatic N) is 2. The Morgan fingerprint density at radius 1 is 1.04 bits per heavy atom. The predicted molar refractivity (Wildman–Crippen MR) is 93.2 cm³/mol. The molecule has 1 aliphatic heterocycles. The molecule has 1 N–H and O–H groups in total. The molecule has 0 saturated carbocycles. The highest BCUT2D eigenvalue weighted by Gasteiger charge is 2.20. The number of carbonyl (C=O) groups is 2. The Kier molecular flexibility index (Phi) is 4.60. The van der Waals surface area contributed by atoms with Crippen LogP contribution in [0, 0.1) is 13.8 Å². The molecule has 1 aromatic carbocycles. The lowest BCUT2D eigenvalue weighted by molar-refractivity contribution is 0.0792. The monoisotopic (exact) mass is 323 g/mol. The summed E-state index contributed by atoms with van der Waals surface area (Å²) in [4.78, 5) is 30.8. The maximum Gasteiger partial charge on any atom is 0.274 e. The van der Waals surface area contributed by atoms with E-state index in [1.54, 1.807) is 12.1 Å². The number of nitrogens with one attached hydrogen (secondary N) is 1. The molecule has 1 fully saturated rings. The van der Waals surface area contributed by atoms with Crippen molar-refractivity contribution in [2.75, 3.05) is 18.4 Å². The molecule has 2 aromatic rings. The maximum absolute atomic E-state index is 12.4. The largest absolute Gasteiger partial charge is 0.339 e. The van der Waals surface area contributed by atoms with Crippen LogP contribution in [0.5, 0.6) is 0 Å². The van der Waals surface area contributed by atoms with Crippen LogP contribution >= 0.6 is 0 Å². The van der Waals surface area contributed by atoms with Gasteiger partial charge in [0.15, 0.2) is 0 Å². The van der Waals surface area contributed by atoms with Crippen molar-refractivity contribution < 1.29 is 9.59 Å². The maximum atomic E-state index is 12.4. The molecule has 2 heterocycles. The van der Waals surface area contributed by atoms with Crippen molar-refractivity contribution in [1.82, 2.24) is 9.88 Å². The summed E-state index contributed by atoms with van der Waals surface area (Å²) in [6, 6.07) is 8.97. The molecule has 124 valence electrons. The summed E-state index contributed by atoms with van der Waals surface area (Å²) in [6.45, 7) is 5.59. The molecule has 3 rings (SSSR count). The van der Waals surface area contributed by atoms with Crippen molar-refractivity contribution in [3.63, 3.8) is 0 Å². The topological polar surface area (TPSA) is 62.3 Å². The fourth-order valence-corrected chi connectivity index (χ4v) is 2.80. The first-order valence-corrected chi connectivity index (χ1v) is 8.18. The van der Waals surface area contributed by atoms with Crippen molar-refractivity contribution in [3.8, 4) is 0 Å². The fourth-order valence-electron chi connectivity index (χ4n) is 2.80. The fraction of sp³-hybridized carbons (Fsp3) is 0.316. The van der Waals surface area contributed by atoms with Crippen molar-refractivity contribution in [1.29, 1.82) is 0 Å². The van der Waals surface area contributed by atoms with E-state index in [-0.39, 0.29) is 17.5 Å². The molecule has 0 bridgehead atoms. The lowest BCUT2D eigenvalue weighted by Crippen LogP contribution is -2.28. The highest BCUT2D eigenvalue weighted by molar-refractivity contribution is 6.04. The molecule has 24 heavy (non-hydrogen) atoms. The first kappa shape index (κ1) is 16.2. The number of aromatic nitrogens is 1. The number of amides is 2.